The molecule has 1 amide bonds. The maximum Gasteiger partial charge on any atom is 0.295 e. The van der Waals surface area contributed by atoms with Crippen LogP contribution in [-0.4, -0.2) is 47.1 Å². The number of likely N-dealkylation sites (tertiary alicyclic amines) is 1. The number of rotatable bonds is 8. The van der Waals surface area contributed by atoms with Crippen molar-refractivity contribution in [2.75, 3.05) is 13.2 Å². The number of carbonyl (C=O) groups excluding carboxylic acids is 2. The van der Waals surface area contributed by atoms with Crippen LogP contribution in [0.4, 0.5) is 4.39 Å². The van der Waals surface area contributed by atoms with Crippen LogP contribution in [0.2, 0.25) is 0 Å². The van der Waals surface area contributed by atoms with E-state index in [4.69, 9.17) is 9.47 Å². The number of ether oxygens (including phenoxy) is 2. The number of nitrogens with zero attached hydrogens (tertiary/aromatic N) is 1. The number of Topliss-reactive ketones (excluding diaryl/α,β-unsaturated/α-hetero) is 1. The number of hydrogen-bond acceptors (Lipinski definition) is 5. The third-order valence-electron chi connectivity index (χ3n) is 5.33. The summed E-state index contributed by atoms with van der Waals surface area (Å²) in [5.41, 5.74) is 1.10. The van der Waals surface area contributed by atoms with Crippen LogP contribution in [0.3, 0.4) is 0 Å². The summed E-state index contributed by atoms with van der Waals surface area (Å²) >= 11 is 0. The van der Waals surface area contributed by atoms with Gasteiger partial charge in [0.1, 0.15) is 17.3 Å². The molecule has 1 unspecified atom stereocenters. The Labute approximate surface area is 193 Å². The standard InChI is InChI=1S/C26H30FNO5/c1-15(2)32-13-12-28-23(19-8-6-7-9-20(19)27)22(25(30)26(28)31)24(29)18-10-11-21(17(5)14-18)33-16(3)4/h6-11,14-16,23,29H,12-13H2,1-5H3/b24-22+. The van der Waals surface area contributed by atoms with Gasteiger partial charge in [-0.15, -0.1) is 0 Å². The fraction of sp³-hybridized carbons (Fsp3) is 0.385. The van der Waals surface area contributed by atoms with E-state index in [2.05, 4.69) is 0 Å². The van der Waals surface area contributed by atoms with E-state index >= 15 is 0 Å². The first-order chi connectivity index (χ1) is 15.6. The number of aryl methyl sites for hydroxylation is 1. The summed E-state index contributed by atoms with van der Waals surface area (Å²) in [5, 5.41) is 11.1. The Bertz CT molecular complexity index is 1080. The average Bonchev–Trinajstić information content (AvgIpc) is 2.99. The normalized spacial score (nSPS) is 17.9. The Balaban J connectivity index is 2.10. The predicted molar refractivity (Wildman–Crippen MR) is 123 cm³/mol. The van der Waals surface area contributed by atoms with Gasteiger partial charge in [-0.05, 0) is 64.4 Å². The van der Waals surface area contributed by atoms with Gasteiger partial charge in [0, 0.05) is 17.7 Å². The molecule has 176 valence electrons. The van der Waals surface area contributed by atoms with E-state index in [-0.39, 0.29) is 42.3 Å². The van der Waals surface area contributed by atoms with Crippen molar-refractivity contribution >= 4 is 17.4 Å². The van der Waals surface area contributed by atoms with Gasteiger partial charge in [0.05, 0.1) is 30.4 Å². The molecule has 1 N–H and O–H groups in total. The van der Waals surface area contributed by atoms with Gasteiger partial charge in [-0.2, -0.15) is 0 Å². The van der Waals surface area contributed by atoms with Crippen molar-refractivity contribution in [2.45, 2.75) is 52.9 Å². The van der Waals surface area contributed by atoms with E-state index in [1.807, 2.05) is 34.6 Å². The van der Waals surface area contributed by atoms with E-state index < -0.39 is 23.5 Å². The van der Waals surface area contributed by atoms with Crippen molar-refractivity contribution in [1.82, 2.24) is 4.90 Å². The van der Waals surface area contributed by atoms with Gasteiger partial charge in [0.25, 0.3) is 11.7 Å². The fourth-order valence-electron chi connectivity index (χ4n) is 3.86. The van der Waals surface area contributed by atoms with Gasteiger partial charge in [0.2, 0.25) is 0 Å². The molecular weight excluding hydrogens is 425 g/mol. The maximum atomic E-state index is 14.8. The first kappa shape index (κ1) is 24.5. The zero-order chi connectivity index (χ0) is 24.3. The van der Waals surface area contributed by atoms with Gasteiger partial charge in [-0.1, -0.05) is 18.2 Å². The summed E-state index contributed by atoms with van der Waals surface area (Å²) in [5.74, 6) is -1.92. The van der Waals surface area contributed by atoms with E-state index in [1.165, 1.54) is 23.1 Å². The number of aliphatic hydroxyl groups is 1. The largest absolute Gasteiger partial charge is 0.507 e. The van der Waals surface area contributed by atoms with Gasteiger partial charge in [-0.25, -0.2) is 4.39 Å². The average molecular weight is 456 g/mol. The lowest BCUT2D eigenvalue weighted by Gasteiger charge is -2.26. The van der Waals surface area contributed by atoms with Gasteiger partial charge >= 0.3 is 0 Å². The Morgan fingerprint density at radius 2 is 1.79 bits per heavy atom. The fourth-order valence-corrected chi connectivity index (χ4v) is 3.86. The number of hydrogen-bond donors (Lipinski definition) is 1. The summed E-state index contributed by atoms with van der Waals surface area (Å²) in [6, 6.07) is 9.88. The van der Waals surface area contributed by atoms with Crippen molar-refractivity contribution in [3.63, 3.8) is 0 Å². The molecule has 6 nitrogen and oxygen atoms in total. The van der Waals surface area contributed by atoms with Crippen LogP contribution in [0.25, 0.3) is 5.76 Å². The van der Waals surface area contributed by atoms with Crippen LogP contribution >= 0.6 is 0 Å². The molecule has 0 aromatic heterocycles. The molecule has 1 heterocycles. The van der Waals surface area contributed by atoms with E-state index in [0.717, 1.165) is 5.56 Å². The number of carbonyl (C=O) groups is 2. The highest BCUT2D eigenvalue weighted by molar-refractivity contribution is 6.46. The topological polar surface area (TPSA) is 76.1 Å². The lowest BCUT2D eigenvalue weighted by molar-refractivity contribution is -0.140. The minimum absolute atomic E-state index is 0.0254. The Kier molecular flexibility index (Phi) is 7.53. The molecule has 0 bridgehead atoms. The Morgan fingerprint density at radius 3 is 2.39 bits per heavy atom. The van der Waals surface area contributed by atoms with Crippen LogP contribution in [0.15, 0.2) is 48.0 Å². The van der Waals surface area contributed by atoms with Crippen LogP contribution in [0.5, 0.6) is 5.75 Å². The highest BCUT2D eigenvalue weighted by atomic mass is 19.1. The summed E-state index contributed by atoms with van der Waals surface area (Å²) in [4.78, 5) is 27.2. The minimum atomic E-state index is -1.06. The second kappa shape index (κ2) is 10.2. The lowest BCUT2D eigenvalue weighted by atomic mass is 9.94. The molecular formula is C26H30FNO5. The van der Waals surface area contributed by atoms with Crippen LogP contribution < -0.4 is 4.74 Å². The number of benzene rings is 2. The molecule has 0 radical (unpaired) electrons. The SMILES string of the molecule is Cc1cc(/C(O)=C2\C(=O)C(=O)N(CCOC(C)C)C2c2ccccc2F)ccc1OC(C)C. The quantitative estimate of drug-likeness (QED) is 0.353. The first-order valence-electron chi connectivity index (χ1n) is 11.0. The second-order valence-corrected chi connectivity index (χ2v) is 8.58. The Hall–Kier alpha value is -3.19. The molecule has 0 spiro atoms. The van der Waals surface area contributed by atoms with E-state index in [0.29, 0.717) is 11.3 Å². The van der Waals surface area contributed by atoms with Crippen molar-refractivity contribution in [3.8, 4) is 5.75 Å². The highest BCUT2D eigenvalue weighted by Gasteiger charge is 2.46. The highest BCUT2D eigenvalue weighted by Crippen LogP contribution is 2.40. The van der Waals surface area contributed by atoms with Crippen molar-refractivity contribution in [3.05, 3.63) is 70.5 Å². The van der Waals surface area contributed by atoms with Crippen molar-refractivity contribution < 1.29 is 28.6 Å². The number of halogens is 1. The molecule has 2 aromatic carbocycles. The van der Waals surface area contributed by atoms with E-state index in [9.17, 15) is 19.1 Å². The number of ketones is 1. The third-order valence-corrected chi connectivity index (χ3v) is 5.33. The molecule has 33 heavy (non-hydrogen) atoms. The summed E-state index contributed by atoms with van der Waals surface area (Å²) in [7, 11) is 0. The van der Waals surface area contributed by atoms with Crippen molar-refractivity contribution in [2.24, 2.45) is 0 Å². The Morgan fingerprint density at radius 1 is 1.09 bits per heavy atom. The van der Waals surface area contributed by atoms with Crippen LogP contribution in [-0.2, 0) is 14.3 Å². The summed E-state index contributed by atoms with van der Waals surface area (Å²) in [6.07, 6.45) is -0.0918. The van der Waals surface area contributed by atoms with E-state index in [1.54, 1.807) is 24.3 Å². The molecule has 7 heteroatoms. The number of amides is 1. The maximum absolute atomic E-state index is 14.8. The van der Waals surface area contributed by atoms with Crippen LogP contribution in [0.1, 0.15) is 50.4 Å². The molecule has 1 aliphatic heterocycles. The second-order valence-electron chi connectivity index (χ2n) is 8.58. The van der Waals surface area contributed by atoms with Gasteiger partial charge in [0.15, 0.2) is 0 Å². The monoisotopic (exact) mass is 455 g/mol. The van der Waals surface area contributed by atoms with Gasteiger partial charge in [-0.3, -0.25) is 9.59 Å². The summed E-state index contributed by atoms with van der Waals surface area (Å²) < 4.78 is 26.1. The third kappa shape index (κ3) is 5.25. The van der Waals surface area contributed by atoms with Gasteiger partial charge < -0.3 is 19.5 Å². The predicted octanol–water partition coefficient (Wildman–Crippen LogP) is 4.77. The lowest BCUT2D eigenvalue weighted by Crippen LogP contribution is -2.33. The molecule has 1 fully saturated rings. The molecule has 1 atom stereocenters. The molecule has 1 saturated heterocycles. The van der Waals surface area contributed by atoms with Crippen LogP contribution in [0, 0.1) is 12.7 Å². The molecule has 1 aliphatic rings. The van der Waals surface area contributed by atoms with Crippen molar-refractivity contribution in [1.29, 1.82) is 0 Å². The first-order valence-corrected chi connectivity index (χ1v) is 11.0. The zero-order valence-electron chi connectivity index (χ0n) is 19.6. The molecule has 0 aliphatic carbocycles. The molecule has 3 rings (SSSR count). The molecule has 0 saturated carbocycles. The zero-order valence-corrected chi connectivity index (χ0v) is 19.6. The minimum Gasteiger partial charge on any atom is -0.507 e. The molecule has 2 aromatic rings. The summed E-state index contributed by atoms with van der Waals surface area (Å²) in [6.45, 7) is 9.62. The smallest absolute Gasteiger partial charge is 0.295 e. The number of aliphatic hydroxyl groups excluding tert-OH is 1.